The molecule has 3 heteroatoms. The zero-order valence-electron chi connectivity index (χ0n) is 16.5. The van der Waals surface area contributed by atoms with Crippen molar-refractivity contribution < 1.29 is 4.42 Å². The molecular weight excluding hydrogens is 451 g/mol. The fraction of sp³-hybridized carbons (Fsp3) is 0.160. The number of hydrogen-bond donors (Lipinski definition) is 0. The minimum absolute atomic E-state index is 0.121. The first-order valence-electron chi connectivity index (χ1n) is 9.63. The van der Waals surface area contributed by atoms with Crippen LogP contribution < -0.4 is 9.20 Å². The Morgan fingerprint density at radius 1 is 0.750 bits per heavy atom. The van der Waals surface area contributed by atoms with Gasteiger partial charge < -0.3 is 0 Å². The van der Waals surface area contributed by atoms with Crippen LogP contribution in [-0.4, -0.2) is 18.4 Å². The molecule has 0 unspecified atom stereocenters. The SMILES string of the molecule is [CH3][Sn]([CH3])([CH3])[c]1oc2ccccc2c(=O)c1Cc1ccc(-c2ccccc2)cc1. The van der Waals surface area contributed by atoms with Crippen LogP contribution in [0.5, 0.6) is 0 Å². The number of benzene rings is 3. The molecule has 0 atom stereocenters. The van der Waals surface area contributed by atoms with E-state index >= 15 is 0 Å². The van der Waals surface area contributed by atoms with E-state index in [-0.39, 0.29) is 5.43 Å². The van der Waals surface area contributed by atoms with Crippen LogP contribution in [0.1, 0.15) is 11.1 Å². The molecule has 0 radical (unpaired) electrons. The summed E-state index contributed by atoms with van der Waals surface area (Å²) in [5.41, 5.74) is 5.19. The maximum atomic E-state index is 13.3. The first-order chi connectivity index (χ1) is 13.4. The van der Waals surface area contributed by atoms with Crippen LogP contribution in [0.4, 0.5) is 0 Å². The number of fused-ring (bicyclic) bond motifs is 1. The third kappa shape index (κ3) is 3.79. The molecule has 0 amide bonds. The van der Waals surface area contributed by atoms with E-state index in [0.717, 1.165) is 14.9 Å². The number of para-hydroxylation sites is 1. The van der Waals surface area contributed by atoms with E-state index in [1.165, 1.54) is 11.1 Å². The van der Waals surface area contributed by atoms with E-state index in [9.17, 15) is 4.79 Å². The molecule has 1 aromatic heterocycles. The zero-order valence-corrected chi connectivity index (χ0v) is 19.4. The van der Waals surface area contributed by atoms with Gasteiger partial charge in [-0.3, -0.25) is 0 Å². The number of rotatable bonds is 4. The molecule has 0 saturated carbocycles. The van der Waals surface area contributed by atoms with Gasteiger partial charge in [-0.2, -0.15) is 0 Å². The standard InChI is InChI=1S/C22H15O2.3CH3.Sn/c23-22-19(15-24-21-9-5-4-8-20(21)22)14-16-10-12-18(13-11-16)17-6-2-1-3-7-17;;;;/h1-13H,14H2;3*1H3;. The van der Waals surface area contributed by atoms with Gasteiger partial charge in [0.15, 0.2) is 0 Å². The van der Waals surface area contributed by atoms with E-state index in [1.807, 2.05) is 42.5 Å². The van der Waals surface area contributed by atoms with Gasteiger partial charge in [-0.1, -0.05) is 0 Å². The molecule has 0 bridgehead atoms. The van der Waals surface area contributed by atoms with E-state index in [2.05, 4.69) is 51.2 Å². The molecule has 0 saturated heterocycles. The fourth-order valence-electron chi connectivity index (χ4n) is 3.60. The van der Waals surface area contributed by atoms with Gasteiger partial charge in [0.2, 0.25) is 0 Å². The predicted molar refractivity (Wildman–Crippen MR) is 120 cm³/mol. The molecule has 0 spiro atoms. The van der Waals surface area contributed by atoms with Crippen LogP contribution in [0.25, 0.3) is 22.1 Å². The summed E-state index contributed by atoms with van der Waals surface area (Å²) in [6, 6.07) is 26.4. The molecule has 4 rings (SSSR count). The average molecular weight is 475 g/mol. The van der Waals surface area contributed by atoms with E-state index < -0.39 is 18.4 Å². The van der Waals surface area contributed by atoms with Gasteiger partial charge in [0, 0.05) is 0 Å². The van der Waals surface area contributed by atoms with Crippen molar-refractivity contribution in [2.45, 2.75) is 21.2 Å². The first kappa shape index (κ1) is 19.0. The molecule has 3 aromatic carbocycles. The van der Waals surface area contributed by atoms with Crippen LogP contribution in [0.3, 0.4) is 0 Å². The summed E-state index contributed by atoms with van der Waals surface area (Å²) in [5.74, 6) is 0. The van der Waals surface area contributed by atoms with Gasteiger partial charge >= 0.3 is 170 Å². The molecule has 0 fully saturated rings. The molecule has 140 valence electrons. The van der Waals surface area contributed by atoms with Crippen LogP contribution >= 0.6 is 0 Å². The normalized spacial score (nSPS) is 11.7. The molecule has 28 heavy (non-hydrogen) atoms. The van der Waals surface area contributed by atoms with Crippen molar-refractivity contribution in [3.63, 3.8) is 0 Å². The second-order valence-corrected chi connectivity index (χ2v) is 22.4. The molecule has 2 nitrogen and oxygen atoms in total. The second-order valence-electron chi connectivity index (χ2n) is 8.22. The van der Waals surface area contributed by atoms with Crippen molar-refractivity contribution in [1.29, 1.82) is 0 Å². The van der Waals surface area contributed by atoms with Crippen LogP contribution in [0.2, 0.25) is 14.8 Å². The number of hydrogen-bond acceptors (Lipinski definition) is 2. The van der Waals surface area contributed by atoms with Gasteiger partial charge in [-0.15, -0.1) is 0 Å². The Hall–Kier alpha value is -2.33. The molecule has 4 aromatic rings. The summed E-state index contributed by atoms with van der Waals surface area (Å²) < 4.78 is 7.27. The molecule has 0 aliphatic rings. The molecule has 0 aliphatic heterocycles. The second kappa shape index (κ2) is 7.59. The van der Waals surface area contributed by atoms with Gasteiger partial charge in [0.05, 0.1) is 0 Å². The van der Waals surface area contributed by atoms with Crippen molar-refractivity contribution in [2.75, 3.05) is 0 Å². The summed E-state index contributed by atoms with van der Waals surface area (Å²) >= 11 is -2.61. The van der Waals surface area contributed by atoms with Crippen LogP contribution in [0.15, 0.2) is 88.1 Å². The third-order valence-corrected chi connectivity index (χ3v) is 10.1. The Kier molecular flexibility index (Phi) is 5.15. The minimum atomic E-state index is -2.61. The van der Waals surface area contributed by atoms with E-state index in [0.29, 0.717) is 17.4 Å². The molecule has 0 N–H and O–H groups in total. The van der Waals surface area contributed by atoms with Crippen molar-refractivity contribution in [1.82, 2.24) is 0 Å². The summed E-state index contributed by atoms with van der Waals surface area (Å²) in [7, 11) is 0. The van der Waals surface area contributed by atoms with E-state index in [4.69, 9.17) is 4.42 Å². The fourth-order valence-corrected chi connectivity index (χ4v) is 7.94. The van der Waals surface area contributed by atoms with Gasteiger partial charge in [-0.25, -0.2) is 0 Å². The predicted octanol–water partition coefficient (Wildman–Crippen LogP) is 5.60. The Balaban J connectivity index is 1.77. The van der Waals surface area contributed by atoms with Crippen LogP contribution in [0, 0.1) is 0 Å². The van der Waals surface area contributed by atoms with Crippen molar-refractivity contribution in [3.8, 4) is 11.1 Å². The van der Waals surface area contributed by atoms with Crippen molar-refractivity contribution in [2.24, 2.45) is 0 Å². The summed E-state index contributed by atoms with van der Waals surface area (Å²) in [5, 5.41) is 0.678. The topological polar surface area (TPSA) is 30.2 Å². The monoisotopic (exact) mass is 476 g/mol. The summed E-state index contributed by atoms with van der Waals surface area (Å²) in [6.07, 6.45) is 0.617. The zero-order chi connectivity index (χ0) is 19.7. The molecule has 0 aliphatic carbocycles. The Labute approximate surface area is 169 Å². The molecule has 1 heterocycles. The van der Waals surface area contributed by atoms with Gasteiger partial charge in [0.1, 0.15) is 0 Å². The third-order valence-electron chi connectivity index (χ3n) is 5.02. The van der Waals surface area contributed by atoms with Crippen LogP contribution in [-0.2, 0) is 6.42 Å². The average Bonchev–Trinajstić information content (AvgIpc) is 2.70. The summed E-state index contributed by atoms with van der Waals surface area (Å²) in [6.45, 7) is 0. The Morgan fingerprint density at radius 3 is 2.04 bits per heavy atom. The Morgan fingerprint density at radius 2 is 1.36 bits per heavy atom. The summed E-state index contributed by atoms with van der Waals surface area (Å²) in [4.78, 5) is 20.1. The quantitative estimate of drug-likeness (QED) is 0.360. The molecular formula is C25H24O2Sn. The van der Waals surface area contributed by atoms with Crippen molar-refractivity contribution >= 4 is 33.1 Å². The van der Waals surface area contributed by atoms with Gasteiger partial charge in [-0.05, 0) is 0 Å². The van der Waals surface area contributed by atoms with Gasteiger partial charge in [0.25, 0.3) is 0 Å². The Bertz CT molecular complexity index is 1170. The van der Waals surface area contributed by atoms with E-state index in [1.54, 1.807) is 0 Å². The maximum absolute atomic E-state index is 13.3. The first-order valence-corrected chi connectivity index (χ1v) is 19.6. The van der Waals surface area contributed by atoms with Crippen molar-refractivity contribution in [3.05, 3.63) is 100 Å².